The minimum absolute atomic E-state index is 0.0355. The number of hydrazine groups is 1. The highest BCUT2D eigenvalue weighted by Crippen LogP contribution is 2.08. The van der Waals surface area contributed by atoms with Crippen LogP contribution < -0.4 is 27.8 Å². The third-order valence-electron chi connectivity index (χ3n) is 5.40. The van der Waals surface area contributed by atoms with E-state index in [1.807, 2.05) is 30.3 Å². The van der Waals surface area contributed by atoms with Crippen LogP contribution in [0, 0.1) is 5.82 Å². The fourth-order valence-electron chi connectivity index (χ4n) is 3.46. The van der Waals surface area contributed by atoms with Crippen molar-refractivity contribution in [3.05, 3.63) is 106 Å². The lowest BCUT2D eigenvalue weighted by atomic mass is 10.1. The van der Waals surface area contributed by atoms with Crippen molar-refractivity contribution in [3.8, 4) is 0 Å². The Hall–Kier alpha value is -4.58. The van der Waals surface area contributed by atoms with Crippen LogP contribution in [0.1, 0.15) is 17.7 Å². The number of carbonyl (C=O) groups excluding carboxylic acids is 2. The highest BCUT2D eigenvalue weighted by molar-refractivity contribution is 5.92. The van der Waals surface area contributed by atoms with Gasteiger partial charge in [-0.1, -0.05) is 30.3 Å². The topological polar surface area (TPSA) is 148 Å². The van der Waals surface area contributed by atoms with Gasteiger partial charge >= 0.3 is 0 Å². The molecule has 1 unspecified atom stereocenters. The van der Waals surface area contributed by atoms with Gasteiger partial charge in [-0.15, -0.1) is 0 Å². The summed E-state index contributed by atoms with van der Waals surface area (Å²) in [5, 5.41) is 6.01. The maximum Gasteiger partial charge on any atom is 0.269 e. The Morgan fingerprint density at radius 3 is 2.63 bits per heavy atom. The van der Waals surface area contributed by atoms with Crippen molar-refractivity contribution >= 4 is 17.5 Å². The Morgan fingerprint density at radius 2 is 1.92 bits per heavy atom. The average Bonchev–Trinajstić information content (AvgIpc) is 2.88. The van der Waals surface area contributed by atoms with Crippen molar-refractivity contribution in [1.82, 2.24) is 19.9 Å². The van der Waals surface area contributed by atoms with Gasteiger partial charge in [-0.2, -0.15) is 0 Å². The molecule has 0 radical (unpaired) electrons. The number of carbonyl (C=O) groups is 2. The molecule has 0 aliphatic heterocycles. The number of nitrogens with two attached hydrogens (primary N) is 2. The number of rotatable bonds is 12. The van der Waals surface area contributed by atoms with Crippen LogP contribution in [0.4, 0.5) is 14.5 Å². The predicted octanol–water partition coefficient (Wildman–Crippen LogP) is 1.58. The Morgan fingerprint density at radius 1 is 1.16 bits per heavy atom. The molecule has 0 spiro atoms. The lowest BCUT2D eigenvalue weighted by molar-refractivity contribution is -0.118. The van der Waals surface area contributed by atoms with Gasteiger partial charge in [0.15, 0.2) is 0 Å². The van der Waals surface area contributed by atoms with Gasteiger partial charge in [0.05, 0.1) is 25.2 Å². The summed E-state index contributed by atoms with van der Waals surface area (Å²) < 4.78 is 29.4. The SMILES string of the molecule is N/C(=C\N(N)CC(F)CCn1ccc(NC(=O)Cc2ccccc2)cc1=O)C(=O)NCc1ncccc1F. The van der Waals surface area contributed by atoms with Gasteiger partial charge in [-0.3, -0.25) is 19.4 Å². The lowest BCUT2D eigenvalue weighted by Crippen LogP contribution is -2.36. The summed E-state index contributed by atoms with van der Waals surface area (Å²) in [5.74, 6) is 4.19. The van der Waals surface area contributed by atoms with E-state index in [2.05, 4.69) is 15.6 Å². The van der Waals surface area contributed by atoms with Gasteiger partial charge in [0.1, 0.15) is 17.7 Å². The van der Waals surface area contributed by atoms with Crippen molar-refractivity contribution in [1.29, 1.82) is 0 Å². The number of hydrogen-bond acceptors (Lipinski definition) is 7. The molecule has 2 amide bonds. The summed E-state index contributed by atoms with van der Waals surface area (Å²) >= 11 is 0. The standard InChI is InChI=1S/C26H29F2N7O3/c27-19(16-35(30)17-22(29)26(38)32-15-23-21(28)7-4-10-31-23)8-11-34-12-9-20(14-25(34)37)33-24(36)13-18-5-2-1-3-6-18/h1-7,9-10,12,14,17,19H,8,11,13,15-16,29-30H2,(H,32,38)(H,33,36)/b22-17-. The van der Waals surface area contributed by atoms with Crippen LogP contribution in [0.3, 0.4) is 0 Å². The molecule has 6 N–H and O–H groups in total. The fourth-order valence-corrected chi connectivity index (χ4v) is 3.46. The first-order valence-electron chi connectivity index (χ1n) is 11.8. The van der Waals surface area contributed by atoms with E-state index in [0.717, 1.165) is 16.8 Å². The van der Waals surface area contributed by atoms with Crippen molar-refractivity contribution < 1.29 is 18.4 Å². The Kier molecular flexibility index (Phi) is 10.1. The molecule has 200 valence electrons. The molecule has 3 aromatic rings. The quantitative estimate of drug-likeness (QED) is 0.159. The first-order chi connectivity index (χ1) is 18.2. The van der Waals surface area contributed by atoms with E-state index in [0.29, 0.717) is 5.69 Å². The Bertz CT molecular complexity index is 1330. The second-order valence-electron chi connectivity index (χ2n) is 8.44. The Labute approximate surface area is 217 Å². The van der Waals surface area contributed by atoms with Gasteiger partial charge < -0.3 is 25.9 Å². The first kappa shape index (κ1) is 28.0. The zero-order valence-corrected chi connectivity index (χ0v) is 20.5. The average molecular weight is 526 g/mol. The number of nitrogens with zero attached hydrogens (tertiary/aromatic N) is 3. The van der Waals surface area contributed by atoms with Crippen molar-refractivity contribution in [2.45, 2.75) is 32.1 Å². The summed E-state index contributed by atoms with van der Waals surface area (Å²) in [7, 11) is 0. The van der Waals surface area contributed by atoms with Crippen LogP contribution in [0.25, 0.3) is 0 Å². The number of anilines is 1. The molecule has 0 saturated carbocycles. The van der Waals surface area contributed by atoms with Crippen LogP contribution in [-0.2, 0) is 29.1 Å². The fraction of sp³-hybridized carbons (Fsp3) is 0.231. The van der Waals surface area contributed by atoms with E-state index in [1.54, 1.807) is 6.07 Å². The molecule has 0 aliphatic rings. The summed E-state index contributed by atoms with van der Waals surface area (Å²) in [6.45, 7) is -0.396. The molecule has 2 heterocycles. The molecule has 1 atom stereocenters. The Balaban J connectivity index is 1.44. The van der Waals surface area contributed by atoms with E-state index >= 15 is 0 Å². The molecule has 0 bridgehead atoms. The van der Waals surface area contributed by atoms with Crippen LogP contribution >= 0.6 is 0 Å². The molecule has 0 aliphatic carbocycles. The van der Waals surface area contributed by atoms with Gasteiger partial charge in [-0.25, -0.2) is 14.6 Å². The summed E-state index contributed by atoms with van der Waals surface area (Å²) in [4.78, 5) is 40.5. The molecule has 1 aromatic carbocycles. The van der Waals surface area contributed by atoms with Crippen LogP contribution in [0.2, 0.25) is 0 Å². The number of nitrogens with one attached hydrogen (secondary N) is 2. The number of benzene rings is 1. The van der Waals surface area contributed by atoms with Crippen LogP contribution in [0.5, 0.6) is 0 Å². The van der Waals surface area contributed by atoms with E-state index in [-0.39, 0.29) is 49.8 Å². The molecule has 3 rings (SSSR count). The minimum Gasteiger partial charge on any atom is -0.393 e. The molecule has 12 heteroatoms. The lowest BCUT2D eigenvalue weighted by Gasteiger charge is -2.18. The maximum absolute atomic E-state index is 14.5. The number of alkyl halides is 1. The van der Waals surface area contributed by atoms with E-state index in [4.69, 9.17) is 11.6 Å². The predicted molar refractivity (Wildman–Crippen MR) is 138 cm³/mol. The molecule has 2 aromatic heterocycles. The molecule has 10 nitrogen and oxygen atoms in total. The highest BCUT2D eigenvalue weighted by atomic mass is 19.1. The van der Waals surface area contributed by atoms with Crippen molar-refractivity contribution in [2.24, 2.45) is 11.6 Å². The smallest absolute Gasteiger partial charge is 0.269 e. The molecule has 0 saturated heterocycles. The second-order valence-corrected chi connectivity index (χ2v) is 8.44. The minimum atomic E-state index is -1.44. The maximum atomic E-state index is 14.5. The third kappa shape index (κ3) is 8.82. The highest BCUT2D eigenvalue weighted by Gasteiger charge is 2.13. The summed E-state index contributed by atoms with van der Waals surface area (Å²) in [6, 6.07) is 14.7. The van der Waals surface area contributed by atoms with Gasteiger partial charge in [0.25, 0.3) is 11.5 Å². The van der Waals surface area contributed by atoms with Crippen molar-refractivity contribution in [3.63, 3.8) is 0 Å². The molecule has 0 fully saturated rings. The molecule has 38 heavy (non-hydrogen) atoms. The van der Waals surface area contributed by atoms with Crippen LogP contribution in [-0.4, -0.2) is 39.1 Å². The zero-order valence-electron chi connectivity index (χ0n) is 20.5. The van der Waals surface area contributed by atoms with E-state index < -0.39 is 23.5 Å². The summed E-state index contributed by atoms with van der Waals surface area (Å²) in [5.41, 5.74) is 6.23. The number of hydrogen-bond donors (Lipinski definition) is 4. The number of halogens is 2. The largest absolute Gasteiger partial charge is 0.393 e. The second kappa shape index (κ2) is 13.7. The number of aryl methyl sites for hydroxylation is 1. The number of amides is 2. The van der Waals surface area contributed by atoms with Crippen molar-refractivity contribution in [2.75, 3.05) is 11.9 Å². The van der Waals surface area contributed by atoms with E-state index in [9.17, 15) is 23.2 Å². The molecular weight excluding hydrogens is 496 g/mol. The monoisotopic (exact) mass is 525 g/mol. The molecular formula is C26H29F2N7O3. The summed E-state index contributed by atoms with van der Waals surface area (Å²) in [6.07, 6.45) is 2.63. The number of pyridine rings is 2. The van der Waals surface area contributed by atoms with Gasteiger partial charge in [-0.05, 0) is 30.2 Å². The third-order valence-corrected chi connectivity index (χ3v) is 5.40. The zero-order chi connectivity index (χ0) is 27.5. The normalized spacial score (nSPS) is 12.0. The van der Waals surface area contributed by atoms with E-state index in [1.165, 1.54) is 35.2 Å². The first-order valence-corrected chi connectivity index (χ1v) is 11.8. The van der Waals surface area contributed by atoms with Gasteiger partial charge in [0.2, 0.25) is 5.91 Å². The van der Waals surface area contributed by atoms with Gasteiger partial charge in [0, 0.05) is 36.9 Å². The number of aromatic nitrogens is 2. The van der Waals surface area contributed by atoms with Crippen LogP contribution in [0.15, 0.2) is 83.7 Å².